The molecule has 2 N–H and O–H groups in total. The molecule has 0 aliphatic carbocycles. The molecule has 0 spiro atoms. The molecule has 18 heavy (non-hydrogen) atoms. The largest absolute Gasteiger partial charge is 0.509 e. The fourth-order valence-corrected chi connectivity index (χ4v) is 3.05. The molecule has 0 saturated heterocycles. The molecule has 2 rings (SSSR count). The second kappa shape index (κ2) is 4.12. The van der Waals surface area contributed by atoms with Crippen molar-refractivity contribution in [1.29, 1.82) is 0 Å². The average molecular weight is 310 g/mol. The fourth-order valence-electron chi connectivity index (χ4n) is 2.36. The van der Waals surface area contributed by atoms with E-state index in [-0.39, 0.29) is 11.7 Å². The zero-order valence-corrected chi connectivity index (χ0v) is 12.5. The van der Waals surface area contributed by atoms with Crippen LogP contribution in [0.4, 0.5) is 0 Å². The minimum atomic E-state index is -0.696. The third kappa shape index (κ3) is 1.94. The Labute approximate surface area is 115 Å². The molecule has 1 aromatic rings. The summed E-state index contributed by atoms with van der Waals surface area (Å²) in [7, 11) is 0. The minimum absolute atomic E-state index is 0.112. The number of rotatable bonds is 1. The van der Waals surface area contributed by atoms with Crippen molar-refractivity contribution >= 4 is 27.4 Å². The summed E-state index contributed by atoms with van der Waals surface area (Å²) in [6.07, 6.45) is 0. The number of aryl methyl sites for hydroxylation is 2. The Morgan fingerprint density at radius 2 is 1.72 bits per heavy atom. The summed E-state index contributed by atoms with van der Waals surface area (Å²) < 4.78 is 0.971. The minimum Gasteiger partial charge on any atom is -0.509 e. The Morgan fingerprint density at radius 1 is 1.22 bits per heavy atom. The number of aliphatic hydroxyl groups excluding tert-OH is 1. The molecule has 1 aliphatic rings. The van der Waals surface area contributed by atoms with Gasteiger partial charge in [-0.3, -0.25) is 4.79 Å². The molecule has 1 heterocycles. The molecule has 1 amide bonds. The highest BCUT2D eigenvalue weighted by molar-refractivity contribution is 9.10. The van der Waals surface area contributed by atoms with Crippen LogP contribution in [0, 0.1) is 13.8 Å². The van der Waals surface area contributed by atoms with Crippen LogP contribution in [0.2, 0.25) is 0 Å². The number of nitrogens with one attached hydrogen (secondary N) is 1. The molecule has 4 heteroatoms. The maximum atomic E-state index is 12.0. The smallest absolute Gasteiger partial charge is 0.256 e. The normalized spacial score (nSPS) is 18.2. The van der Waals surface area contributed by atoms with Crippen LogP contribution in [0.15, 0.2) is 22.4 Å². The van der Waals surface area contributed by atoms with Gasteiger partial charge in [0.2, 0.25) is 0 Å². The predicted octanol–water partition coefficient (Wildman–Crippen LogP) is 3.24. The first-order valence-electron chi connectivity index (χ1n) is 5.77. The van der Waals surface area contributed by atoms with Crippen LogP contribution in [0.1, 0.15) is 30.5 Å². The lowest BCUT2D eigenvalue weighted by Gasteiger charge is -2.17. The van der Waals surface area contributed by atoms with Crippen molar-refractivity contribution in [1.82, 2.24) is 5.32 Å². The highest BCUT2D eigenvalue weighted by Gasteiger charge is 2.39. The molecule has 0 atom stereocenters. The Hall–Kier alpha value is -1.29. The highest BCUT2D eigenvalue weighted by atomic mass is 79.9. The van der Waals surface area contributed by atoms with Gasteiger partial charge in [0.25, 0.3) is 5.91 Å². The van der Waals surface area contributed by atoms with E-state index in [0.29, 0.717) is 5.57 Å². The van der Waals surface area contributed by atoms with Gasteiger partial charge >= 0.3 is 0 Å². The van der Waals surface area contributed by atoms with Gasteiger partial charge in [0, 0.05) is 4.47 Å². The van der Waals surface area contributed by atoms with Gasteiger partial charge in [0.05, 0.1) is 11.1 Å². The van der Waals surface area contributed by atoms with Crippen molar-refractivity contribution in [2.75, 3.05) is 0 Å². The standard InChI is InChI=1S/C14H16BrNO2/c1-7-5-9(15)6-8(2)10(7)11-12(17)14(3,4)16-13(11)18/h5-6,17H,1-4H3,(H,16,18). The fraction of sp³-hybridized carbons (Fsp3) is 0.357. The Kier molecular flexibility index (Phi) is 3.01. The summed E-state index contributed by atoms with van der Waals surface area (Å²) in [5, 5.41) is 13.0. The van der Waals surface area contributed by atoms with E-state index in [1.165, 1.54) is 0 Å². The van der Waals surface area contributed by atoms with E-state index >= 15 is 0 Å². The third-order valence-electron chi connectivity index (χ3n) is 3.23. The van der Waals surface area contributed by atoms with E-state index in [2.05, 4.69) is 21.2 Å². The summed E-state index contributed by atoms with van der Waals surface area (Å²) in [4.78, 5) is 12.0. The summed E-state index contributed by atoms with van der Waals surface area (Å²) in [5.41, 5.74) is 2.45. The first kappa shape index (κ1) is 13.1. The predicted molar refractivity (Wildman–Crippen MR) is 75.4 cm³/mol. The third-order valence-corrected chi connectivity index (χ3v) is 3.69. The van der Waals surface area contributed by atoms with Gasteiger partial charge in [-0.05, 0) is 56.5 Å². The number of benzene rings is 1. The van der Waals surface area contributed by atoms with Crippen molar-refractivity contribution in [3.8, 4) is 0 Å². The number of aliphatic hydroxyl groups is 1. The van der Waals surface area contributed by atoms with Gasteiger partial charge in [-0.2, -0.15) is 0 Å². The van der Waals surface area contributed by atoms with E-state index in [0.717, 1.165) is 21.2 Å². The highest BCUT2D eigenvalue weighted by Crippen LogP contribution is 2.35. The number of halogens is 1. The van der Waals surface area contributed by atoms with E-state index in [4.69, 9.17) is 0 Å². The van der Waals surface area contributed by atoms with E-state index in [9.17, 15) is 9.90 Å². The second-order valence-corrected chi connectivity index (χ2v) is 6.13. The zero-order valence-electron chi connectivity index (χ0n) is 10.9. The summed E-state index contributed by atoms with van der Waals surface area (Å²) in [5.74, 6) is -0.105. The van der Waals surface area contributed by atoms with Crippen LogP contribution in [-0.4, -0.2) is 16.6 Å². The number of hydrogen-bond acceptors (Lipinski definition) is 2. The first-order valence-corrected chi connectivity index (χ1v) is 6.56. The first-order chi connectivity index (χ1) is 8.24. The van der Waals surface area contributed by atoms with Gasteiger partial charge < -0.3 is 10.4 Å². The molecule has 1 aromatic carbocycles. The molecule has 0 unspecified atom stereocenters. The van der Waals surface area contributed by atoms with Crippen LogP contribution in [0.3, 0.4) is 0 Å². The Balaban J connectivity index is 2.71. The van der Waals surface area contributed by atoms with Crippen LogP contribution in [0.5, 0.6) is 0 Å². The van der Waals surface area contributed by atoms with Gasteiger partial charge in [-0.1, -0.05) is 15.9 Å². The SMILES string of the molecule is Cc1cc(Br)cc(C)c1C1=C(O)C(C)(C)NC1=O. The second-order valence-electron chi connectivity index (χ2n) is 5.22. The Morgan fingerprint density at radius 3 is 2.11 bits per heavy atom. The maximum absolute atomic E-state index is 12.0. The molecular weight excluding hydrogens is 294 g/mol. The number of amides is 1. The Bertz CT molecular complexity index is 550. The molecule has 0 radical (unpaired) electrons. The van der Waals surface area contributed by atoms with E-state index in [1.807, 2.05) is 26.0 Å². The van der Waals surface area contributed by atoms with Crippen molar-refractivity contribution < 1.29 is 9.90 Å². The molecule has 3 nitrogen and oxygen atoms in total. The summed E-state index contributed by atoms with van der Waals surface area (Å²) >= 11 is 3.43. The van der Waals surface area contributed by atoms with Crippen LogP contribution in [-0.2, 0) is 4.79 Å². The summed E-state index contributed by atoms with van der Waals surface area (Å²) in [6.45, 7) is 7.45. The van der Waals surface area contributed by atoms with Gasteiger partial charge in [0.1, 0.15) is 5.76 Å². The molecule has 96 valence electrons. The average Bonchev–Trinajstić information content (AvgIpc) is 2.38. The lowest BCUT2D eigenvalue weighted by Crippen LogP contribution is -2.38. The molecular formula is C14H16BrNO2. The number of hydrogen-bond donors (Lipinski definition) is 2. The lowest BCUT2D eigenvalue weighted by atomic mass is 9.93. The molecule has 1 aliphatic heterocycles. The molecule has 0 saturated carbocycles. The lowest BCUT2D eigenvalue weighted by molar-refractivity contribution is -0.115. The van der Waals surface area contributed by atoms with E-state index < -0.39 is 5.54 Å². The van der Waals surface area contributed by atoms with Crippen LogP contribution < -0.4 is 5.32 Å². The van der Waals surface area contributed by atoms with Crippen molar-refractivity contribution in [2.45, 2.75) is 33.2 Å². The van der Waals surface area contributed by atoms with Crippen molar-refractivity contribution in [3.63, 3.8) is 0 Å². The zero-order chi connectivity index (χ0) is 13.7. The van der Waals surface area contributed by atoms with E-state index in [1.54, 1.807) is 13.8 Å². The maximum Gasteiger partial charge on any atom is 0.256 e. The summed E-state index contributed by atoms with van der Waals surface area (Å²) in [6, 6.07) is 3.89. The monoisotopic (exact) mass is 309 g/mol. The quantitative estimate of drug-likeness (QED) is 0.836. The van der Waals surface area contributed by atoms with Crippen molar-refractivity contribution in [3.05, 3.63) is 39.1 Å². The van der Waals surface area contributed by atoms with Gasteiger partial charge in [-0.25, -0.2) is 0 Å². The molecule has 0 aromatic heterocycles. The number of carbonyl (C=O) groups excluding carboxylic acids is 1. The topological polar surface area (TPSA) is 49.3 Å². The number of carbonyl (C=O) groups is 1. The van der Waals surface area contributed by atoms with Gasteiger partial charge in [-0.15, -0.1) is 0 Å². The van der Waals surface area contributed by atoms with Gasteiger partial charge in [0.15, 0.2) is 0 Å². The molecule has 0 fully saturated rings. The van der Waals surface area contributed by atoms with Crippen molar-refractivity contribution in [2.24, 2.45) is 0 Å². The van der Waals surface area contributed by atoms with Crippen LogP contribution >= 0.6 is 15.9 Å². The van der Waals surface area contributed by atoms with Crippen LogP contribution in [0.25, 0.3) is 5.57 Å². The molecule has 0 bridgehead atoms.